The summed E-state index contributed by atoms with van der Waals surface area (Å²) in [4.78, 5) is 22.7. The first-order valence-electron chi connectivity index (χ1n) is 6.81. The van der Waals surface area contributed by atoms with Gasteiger partial charge in [0.2, 0.25) is 6.79 Å². The molecule has 6 nitrogen and oxygen atoms in total. The van der Waals surface area contributed by atoms with E-state index >= 15 is 0 Å². The SMILES string of the molecule is CC(C)=C(C)CNC(=O)OCOC(=O)NCC(C)=C(C)C. The van der Waals surface area contributed by atoms with E-state index in [2.05, 4.69) is 10.6 Å². The molecule has 0 rings (SSSR count). The van der Waals surface area contributed by atoms with Crippen molar-refractivity contribution >= 4 is 12.2 Å². The maximum absolute atomic E-state index is 11.3. The van der Waals surface area contributed by atoms with Gasteiger partial charge in [0.1, 0.15) is 0 Å². The molecule has 0 aliphatic rings. The second-order valence-electron chi connectivity index (χ2n) is 5.25. The highest BCUT2D eigenvalue weighted by molar-refractivity contribution is 5.69. The first kappa shape index (κ1) is 19.0. The number of hydrogen-bond acceptors (Lipinski definition) is 4. The lowest BCUT2D eigenvalue weighted by molar-refractivity contribution is 0.0250. The number of alkyl carbamates (subject to hydrolysis) is 2. The van der Waals surface area contributed by atoms with Gasteiger partial charge in [-0.15, -0.1) is 0 Å². The Morgan fingerprint density at radius 3 is 1.33 bits per heavy atom. The minimum Gasteiger partial charge on any atom is -0.412 e. The fourth-order valence-electron chi connectivity index (χ4n) is 1.00. The van der Waals surface area contributed by atoms with Crippen LogP contribution < -0.4 is 10.6 Å². The Morgan fingerprint density at radius 1 is 0.714 bits per heavy atom. The van der Waals surface area contributed by atoms with Crippen LogP contribution in [0.4, 0.5) is 9.59 Å². The van der Waals surface area contributed by atoms with E-state index in [0.717, 1.165) is 22.3 Å². The van der Waals surface area contributed by atoms with E-state index < -0.39 is 19.0 Å². The van der Waals surface area contributed by atoms with Crippen LogP contribution in [0.5, 0.6) is 0 Å². The standard InChI is InChI=1S/C15H26N2O4/c1-10(2)12(5)7-16-14(18)20-9-21-15(19)17-8-13(6)11(3)4/h7-9H2,1-6H3,(H,16,18)(H,17,19). The minimum atomic E-state index is -0.621. The number of rotatable bonds is 6. The molecule has 0 saturated heterocycles. The van der Waals surface area contributed by atoms with Crippen LogP contribution in [0.1, 0.15) is 41.5 Å². The second kappa shape index (κ2) is 9.85. The quantitative estimate of drug-likeness (QED) is 0.583. The Hall–Kier alpha value is -1.98. The molecule has 0 aromatic carbocycles. The molecule has 0 unspecified atom stereocenters. The number of carbonyl (C=O) groups excluding carboxylic acids is 2. The van der Waals surface area contributed by atoms with Gasteiger partial charge in [-0.05, 0) is 41.5 Å². The molecule has 0 radical (unpaired) electrons. The molecule has 0 heterocycles. The van der Waals surface area contributed by atoms with Gasteiger partial charge in [-0.1, -0.05) is 22.3 Å². The van der Waals surface area contributed by atoms with Gasteiger partial charge < -0.3 is 20.1 Å². The van der Waals surface area contributed by atoms with E-state index in [1.165, 1.54) is 0 Å². The fourth-order valence-corrected chi connectivity index (χ4v) is 1.00. The van der Waals surface area contributed by atoms with E-state index in [-0.39, 0.29) is 0 Å². The van der Waals surface area contributed by atoms with Gasteiger partial charge >= 0.3 is 12.2 Å². The zero-order valence-electron chi connectivity index (χ0n) is 13.8. The van der Waals surface area contributed by atoms with E-state index in [0.29, 0.717) is 13.1 Å². The van der Waals surface area contributed by atoms with Crippen molar-refractivity contribution in [2.24, 2.45) is 0 Å². The molecule has 0 fully saturated rings. The highest BCUT2D eigenvalue weighted by Crippen LogP contribution is 2.00. The van der Waals surface area contributed by atoms with Crippen molar-refractivity contribution in [1.29, 1.82) is 0 Å². The van der Waals surface area contributed by atoms with Crippen LogP contribution in [0.3, 0.4) is 0 Å². The smallest absolute Gasteiger partial charge is 0.410 e. The van der Waals surface area contributed by atoms with Crippen molar-refractivity contribution in [2.45, 2.75) is 41.5 Å². The van der Waals surface area contributed by atoms with Crippen molar-refractivity contribution in [3.8, 4) is 0 Å². The Kier molecular flexibility index (Phi) is 8.92. The van der Waals surface area contributed by atoms with E-state index in [9.17, 15) is 9.59 Å². The molecule has 0 aliphatic heterocycles. The van der Waals surface area contributed by atoms with Crippen molar-refractivity contribution in [3.05, 3.63) is 22.3 Å². The zero-order chi connectivity index (χ0) is 16.4. The summed E-state index contributed by atoms with van der Waals surface area (Å²) in [5.74, 6) is 0. The lowest BCUT2D eigenvalue weighted by Crippen LogP contribution is -2.30. The molecule has 0 saturated carbocycles. The van der Waals surface area contributed by atoms with Gasteiger partial charge in [0.25, 0.3) is 0 Å². The van der Waals surface area contributed by atoms with Gasteiger partial charge in [0.05, 0.1) is 0 Å². The average Bonchev–Trinajstić information content (AvgIpc) is 2.41. The number of ether oxygens (including phenoxy) is 2. The molecule has 120 valence electrons. The molecule has 0 spiro atoms. The zero-order valence-corrected chi connectivity index (χ0v) is 13.8. The summed E-state index contributed by atoms with van der Waals surface area (Å²) in [6.45, 7) is 12.1. The predicted octanol–water partition coefficient (Wildman–Crippen LogP) is 3.11. The summed E-state index contributed by atoms with van der Waals surface area (Å²) in [6, 6.07) is 0. The topological polar surface area (TPSA) is 76.7 Å². The number of hydrogen-bond donors (Lipinski definition) is 2. The summed E-state index contributed by atoms with van der Waals surface area (Å²) in [7, 11) is 0. The summed E-state index contributed by atoms with van der Waals surface area (Å²) in [5.41, 5.74) is 4.40. The molecular formula is C15H26N2O4. The van der Waals surface area contributed by atoms with Crippen LogP contribution in [0.15, 0.2) is 22.3 Å². The molecule has 0 aromatic heterocycles. The van der Waals surface area contributed by atoms with Gasteiger partial charge in [0.15, 0.2) is 0 Å². The minimum absolute atomic E-state index is 0.410. The first-order chi connectivity index (χ1) is 9.73. The Bertz CT molecular complexity index is 391. The number of nitrogens with one attached hydrogen (secondary N) is 2. The number of allylic oxidation sites excluding steroid dienone is 2. The lowest BCUT2D eigenvalue weighted by atomic mass is 10.2. The Labute approximate surface area is 126 Å². The summed E-state index contributed by atoms with van der Waals surface area (Å²) in [5, 5.41) is 5.13. The van der Waals surface area contributed by atoms with Crippen LogP contribution in [-0.4, -0.2) is 32.1 Å². The van der Waals surface area contributed by atoms with Gasteiger partial charge in [0, 0.05) is 13.1 Å². The molecule has 0 aromatic rings. The monoisotopic (exact) mass is 298 g/mol. The Balaban J connectivity index is 3.84. The first-order valence-corrected chi connectivity index (χ1v) is 6.81. The van der Waals surface area contributed by atoms with Crippen molar-refractivity contribution in [2.75, 3.05) is 19.9 Å². The molecular weight excluding hydrogens is 272 g/mol. The molecule has 0 atom stereocenters. The summed E-state index contributed by atoms with van der Waals surface area (Å²) >= 11 is 0. The second-order valence-corrected chi connectivity index (χ2v) is 5.25. The highest BCUT2D eigenvalue weighted by Gasteiger charge is 2.06. The molecule has 2 N–H and O–H groups in total. The van der Waals surface area contributed by atoms with E-state index in [1.54, 1.807) is 0 Å². The fraction of sp³-hybridized carbons (Fsp3) is 0.600. The molecule has 6 heteroatoms. The highest BCUT2D eigenvalue weighted by atomic mass is 16.7. The average molecular weight is 298 g/mol. The van der Waals surface area contributed by atoms with Crippen molar-refractivity contribution in [1.82, 2.24) is 10.6 Å². The Morgan fingerprint density at radius 2 is 1.05 bits per heavy atom. The third-order valence-electron chi connectivity index (χ3n) is 3.08. The summed E-state index contributed by atoms with van der Waals surface area (Å²) in [6.07, 6.45) is -1.24. The van der Waals surface area contributed by atoms with Crippen molar-refractivity contribution in [3.63, 3.8) is 0 Å². The predicted molar refractivity (Wildman–Crippen MR) is 81.9 cm³/mol. The van der Waals surface area contributed by atoms with E-state index in [1.807, 2.05) is 41.5 Å². The maximum atomic E-state index is 11.3. The largest absolute Gasteiger partial charge is 0.412 e. The van der Waals surface area contributed by atoms with E-state index in [4.69, 9.17) is 9.47 Å². The van der Waals surface area contributed by atoms with Gasteiger partial charge in [-0.25, -0.2) is 9.59 Å². The molecule has 0 bridgehead atoms. The summed E-state index contributed by atoms with van der Waals surface area (Å²) < 4.78 is 9.46. The maximum Gasteiger partial charge on any atom is 0.410 e. The van der Waals surface area contributed by atoms with Crippen LogP contribution >= 0.6 is 0 Å². The number of carbonyl (C=O) groups is 2. The van der Waals surface area contributed by atoms with Gasteiger partial charge in [-0.3, -0.25) is 0 Å². The van der Waals surface area contributed by atoms with Crippen LogP contribution in [0.25, 0.3) is 0 Å². The normalized spacial score (nSPS) is 9.43. The van der Waals surface area contributed by atoms with Crippen molar-refractivity contribution < 1.29 is 19.1 Å². The molecule has 21 heavy (non-hydrogen) atoms. The molecule has 0 aliphatic carbocycles. The third kappa shape index (κ3) is 9.54. The molecule has 2 amide bonds. The van der Waals surface area contributed by atoms with Crippen LogP contribution in [0, 0.1) is 0 Å². The number of amides is 2. The third-order valence-corrected chi connectivity index (χ3v) is 3.08. The van der Waals surface area contributed by atoms with Crippen LogP contribution in [-0.2, 0) is 9.47 Å². The lowest BCUT2D eigenvalue weighted by Gasteiger charge is -2.10. The van der Waals surface area contributed by atoms with Crippen LogP contribution in [0.2, 0.25) is 0 Å². The van der Waals surface area contributed by atoms with Gasteiger partial charge in [-0.2, -0.15) is 0 Å².